The van der Waals surface area contributed by atoms with Crippen molar-refractivity contribution in [1.82, 2.24) is 14.9 Å². The van der Waals surface area contributed by atoms with Crippen molar-refractivity contribution in [3.8, 4) is 0 Å². The van der Waals surface area contributed by atoms with E-state index in [0.29, 0.717) is 12.3 Å². The third-order valence-corrected chi connectivity index (χ3v) is 3.30. The first-order valence-corrected chi connectivity index (χ1v) is 6.34. The summed E-state index contributed by atoms with van der Waals surface area (Å²) in [4.78, 5) is 22.0. The minimum Gasteiger partial charge on any atom is -0.370 e. The molecule has 1 aromatic rings. The molecule has 0 unspecified atom stereocenters. The Morgan fingerprint density at radius 3 is 2.89 bits per heavy atom. The minimum absolute atomic E-state index is 0.239. The van der Waals surface area contributed by atoms with E-state index in [1.807, 2.05) is 27.0 Å². The van der Waals surface area contributed by atoms with E-state index in [2.05, 4.69) is 15.3 Å². The van der Waals surface area contributed by atoms with Crippen LogP contribution in [0, 0.1) is 19.8 Å². The number of aromatic nitrogens is 2. The molecule has 5 heteroatoms. The number of likely N-dealkylation sites (tertiary alicyclic amines) is 1. The molecule has 1 N–H and O–H groups in total. The van der Waals surface area contributed by atoms with Gasteiger partial charge in [0.25, 0.3) is 0 Å². The molecule has 2 heterocycles. The highest BCUT2D eigenvalue weighted by Crippen LogP contribution is 2.18. The van der Waals surface area contributed by atoms with Gasteiger partial charge in [0.05, 0.1) is 0 Å². The number of hydrogen-bond donors (Lipinski definition) is 1. The van der Waals surface area contributed by atoms with Gasteiger partial charge in [0.1, 0.15) is 11.6 Å². The van der Waals surface area contributed by atoms with E-state index in [9.17, 15) is 4.79 Å². The van der Waals surface area contributed by atoms with Crippen LogP contribution >= 0.6 is 0 Å². The number of nitrogens with one attached hydrogen (secondary N) is 1. The predicted molar refractivity (Wildman–Crippen MR) is 70.4 cm³/mol. The molecule has 1 saturated heterocycles. The molecule has 0 aromatic carbocycles. The molecule has 1 aliphatic rings. The molecule has 1 aliphatic heterocycles. The van der Waals surface area contributed by atoms with Crippen molar-refractivity contribution < 1.29 is 4.79 Å². The molecule has 98 valence electrons. The van der Waals surface area contributed by atoms with Crippen LogP contribution in [0.3, 0.4) is 0 Å². The van der Waals surface area contributed by atoms with Crippen molar-refractivity contribution in [1.29, 1.82) is 0 Å². The minimum atomic E-state index is 0.239. The fraction of sp³-hybridized carbons (Fsp3) is 0.615. The van der Waals surface area contributed by atoms with Gasteiger partial charge in [-0.3, -0.25) is 4.79 Å². The molecule has 2 rings (SSSR count). The number of carbonyl (C=O) groups is 1. The average Bonchev–Trinajstić information content (AvgIpc) is 2.29. The first-order valence-electron chi connectivity index (χ1n) is 6.34. The summed E-state index contributed by atoms with van der Waals surface area (Å²) in [6.45, 7) is 5.50. The first kappa shape index (κ1) is 12.8. The van der Waals surface area contributed by atoms with E-state index in [1.165, 1.54) is 0 Å². The van der Waals surface area contributed by atoms with E-state index in [-0.39, 0.29) is 5.91 Å². The van der Waals surface area contributed by atoms with Crippen molar-refractivity contribution in [3.63, 3.8) is 0 Å². The van der Waals surface area contributed by atoms with E-state index in [1.54, 1.807) is 4.90 Å². The Morgan fingerprint density at radius 1 is 1.44 bits per heavy atom. The molecule has 0 saturated carbocycles. The van der Waals surface area contributed by atoms with E-state index >= 15 is 0 Å². The largest absolute Gasteiger partial charge is 0.370 e. The fourth-order valence-electron chi connectivity index (χ4n) is 2.24. The van der Waals surface area contributed by atoms with Gasteiger partial charge >= 0.3 is 0 Å². The molecule has 1 amide bonds. The fourth-order valence-corrected chi connectivity index (χ4v) is 2.24. The topological polar surface area (TPSA) is 58.1 Å². The Morgan fingerprint density at radius 2 is 2.22 bits per heavy atom. The second-order valence-electron chi connectivity index (χ2n) is 5.00. The van der Waals surface area contributed by atoms with Crippen LogP contribution in [0.4, 0.5) is 5.82 Å². The third kappa shape index (κ3) is 3.18. The lowest BCUT2D eigenvalue weighted by Gasteiger charge is -2.28. The van der Waals surface area contributed by atoms with Crippen molar-refractivity contribution >= 4 is 11.7 Å². The highest BCUT2D eigenvalue weighted by atomic mass is 16.2. The number of anilines is 1. The summed E-state index contributed by atoms with van der Waals surface area (Å²) in [6.07, 6.45) is 1.69. The van der Waals surface area contributed by atoms with E-state index in [0.717, 1.165) is 36.8 Å². The number of rotatable bonds is 3. The Hall–Kier alpha value is -1.65. The number of piperidine rings is 1. The van der Waals surface area contributed by atoms with Gasteiger partial charge in [-0.2, -0.15) is 0 Å². The van der Waals surface area contributed by atoms with Crippen molar-refractivity contribution in [2.24, 2.45) is 5.92 Å². The molecule has 0 bridgehead atoms. The van der Waals surface area contributed by atoms with E-state index < -0.39 is 0 Å². The number of hydrogen-bond acceptors (Lipinski definition) is 4. The Labute approximate surface area is 108 Å². The molecule has 0 spiro atoms. The molecule has 0 radical (unpaired) electrons. The quantitative estimate of drug-likeness (QED) is 0.878. The standard InChI is InChI=1S/C13H20N4O/c1-9-6-12(16-10(2)15-9)14-8-11-4-5-17(3)13(18)7-11/h6,11H,4-5,7-8H2,1-3H3,(H,14,15,16)/t11-/m1/s1. The molecular formula is C13H20N4O. The van der Waals surface area contributed by atoms with Gasteiger partial charge < -0.3 is 10.2 Å². The van der Waals surface area contributed by atoms with Crippen LogP contribution in [0.5, 0.6) is 0 Å². The van der Waals surface area contributed by atoms with Gasteiger partial charge in [0.2, 0.25) is 5.91 Å². The maximum atomic E-state index is 11.6. The monoisotopic (exact) mass is 248 g/mol. The lowest BCUT2D eigenvalue weighted by atomic mass is 9.96. The number of amides is 1. The Bertz CT molecular complexity index is 426. The van der Waals surface area contributed by atoms with Gasteiger partial charge in [0.15, 0.2) is 0 Å². The maximum absolute atomic E-state index is 11.6. The molecule has 5 nitrogen and oxygen atoms in total. The average molecular weight is 248 g/mol. The second kappa shape index (κ2) is 5.33. The smallest absolute Gasteiger partial charge is 0.222 e. The zero-order chi connectivity index (χ0) is 13.1. The molecule has 1 atom stereocenters. The third-order valence-electron chi connectivity index (χ3n) is 3.30. The van der Waals surface area contributed by atoms with Crippen LogP contribution in [-0.4, -0.2) is 40.9 Å². The SMILES string of the molecule is Cc1cc(NC[C@@H]2CCN(C)C(=O)C2)nc(C)n1. The summed E-state index contributed by atoms with van der Waals surface area (Å²) in [5, 5.41) is 3.31. The lowest BCUT2D eigenvalue weighted by molar-refractivity contribution is -0.133. The van der Waals surface area contributed by atoms with Crippen LogP contribution < -0.4 is 5.32 Å². The van der Waals surface area contributed by atoms with Crippen molar-refractivity contribution in [2.45, 2.75) is 26.7 Å². The molecule has 1 aromatic heterocycles. The highest BCUT2D eigenvalue weighted by molar-refractivity contribution is 5.76. The Kier molecular flexibility index (Phi) is 3.79. The van der Waals surface area contributed by atoms with Crippen LogP contribution in [-0.2, 0) is 4.79 Å². The number of nitrogens with zero attached hydrogens (tertiary/aromatic N) is 3. The molecular weight excluding hydrogens is 228 g/mol. The number of carbonyl (C=O) groups excluding carboxylic acids is 1. The summed E-state index contributed by atoms with van der Waals surface area (Å²) >= 11 is 0. The molecule has 0 aliphatic carbocycles. The molecule has 1 fully saturated rings. The second-order valence-corrected chi connectivity index (χ2v) is 5.00. The van der Waals surface area contributed by atoms with Crippen LogP contribution in [0.2, 0.25) is 0 Å². The summed E-state index contributed by atoms with van der Waals surface area (Å²) < 4.78 is 0. The number of aryl methyl sites for hydroxylation is 2. The van der Waals surface area contributed by atoms with Gasteiger partial charge in [-0.1, -0.05) is 0 Å². The summed E-state index contributed by atoms with van der Waals surface area (Å²) in [6, 6.07) is 1.93. The summed E-state index contributed by atoms with van der Waals surface area (Å²) in [5.74, 6) is 2.27. The van der Waals surface area contributed by atoms with Crippen molar-refractivity contribution in [2.75, 3.05) is 25.5 Å². The zero-order valence-corrected chi connectivity index (χ0v) is 11.2. The van der Waals surface area contributed by atoms with Crippen LogP contribution in [0.1, 0.15) is 24.4 Å². The lowest BCUT2D eigenvalue weighted by Crippen LogP contribution is -2.37. The van der Waals surface area contributed by atoms with Gasteiger partial charge in [-0.25, -0.2) is 9.97 Å². The van der Waals surface area contributed by atoms with Gasteiger partial charge in [-0.05, 0) is 26.2 Å². The highest BCUT2D eigenvalue weighted by Gasteiger charge is 2.22. The van der Waals surface area contributed by atoms with Crippen LogP contribution in [0.25, 0.3) is 0 Å². The van der Waals surface area contributed by atoms with Gasteiger partial charge in [-0.15, -0.1) is 0 Å². The normalized spacial score (nSPS) is 20.1. The summed E-state index contributed by atoms with van der Waals surface area (Å²) in [7, 11) is 1.86. The van der Waals surface area contributed by atoms with Crippen molar-refractivity contribution in [3.05, 3.63) is 17.6 Å². The predicted octanol–water partition coefficient (Wildman–Crippen LogP) is 1.37. The Balaban J connectivity index is 1.90. The summed E-state index contributed by atoms with van der Waals surface area (Å²) in [5.41, 5.74) is 0.962. The van der Waals surface area contributed by atoms with E-state index in [4.69, 9.17) is 0 Å². The molecule has 18 heavy (non-hydrogen) atoms. The first-order chi connectivity index (χ1) is 8.54. The maximum Gasteiger partial charge on any atom is 0.222 e. The zero-order valence-electron chi connectivity index (χ0n) is 11.2. The van der Waals surface area contributed by atoms with Crippen LogP contribution in [0.15, 0.2) is 6.07 Å². The van der Waals surface area contributed by atoms with Gasteiger partial charge in [0, 0.05) is 38.3 Å².